The Hall–Kier alpha value is -14.6. The van der Waals surface area contributed by atoms with E-state index in [0.717, 1.165) is 116 Å². The third kappa shape index (κ3) is 16.5. The molecule has 0 aliphatic carbocycles. The van der Waals surface area contributed by atoms with Crippen LogP contribution < -0.4 is 9.46 Å². The Labute approximate surface area is 742 Å². The maximum absolute atomic E-state index is 13.0. The van der Waals surface area contributed by atoms with Gasteiger partial charge in [-0.1, -0.05) is 159 Å². The number of pyridine rings is 8. The number of nitrogens with zero attached hydrogens (tertiary/aromatic N) is 10. The summed E-state index contributed by atoms with van der Waals surface area (Å²) in [4.78, 5) is 53.0. The first kappa shape index (κ1) is 85.5. The molecule has 128 heavy (non-hydrogen) atoms. The first-order valence-electron chi connectivity index (χ1n) is 43.2. The summed E-state index contributed by atoms with van der Waals surface area (Å²) in [6.45, 7) is 21.5. The van der Waals surface area contributed by atoms with E-state index in [1.807, 2.05) is 134 Å². The molecular formula is C108H94N10O10. The lowest BCUT2D eigenvalue weighted by atomic mass is 9.90. The number of hydrogen-bond acceptors (Lipinski definition) is 18. The predicted molar refractivity (Wildman–Crippen MR) is 491 cm³/mol. The lowest BCUT2D eigenvalue weighted by Gasteiger charge is -2.14. The van der Waals surface area contributed by atoms with Crippen molar-refractivity contribution in [1.29, 1.82) is 10.5 Å². The minimum absolute atomic E-state index is 0.196. The van der Waals surface area contributed by atoms with Crippen molar-refractivity contribution < 1.29 is 47.5 Å². The second-order valence-corrected chi connectivity index (χ2v) is 33.6. The largest absolute Gasteiger partial charge is 0.619 e. The summed E-state index contributed by atoms with van der Waals surface area (Å²) >= 11 is 0. The zero-order valence-corrected chi connectivity index (χ0v) is 72.6. The first-order chi connectivity index (χ1) is 62.1. The minimum atomic E-state index is -1.46. The van der Waals surface area contributed by atoms with E-state index in [4.69, 9.17) is 28.4 Å². The van der Waals surface area contributed by atoms with Crippen molar-refractivity contribution in [2.75, 3.05) is 13.2 Å². The van der Waals surface area contributed by atoms with E-state index < -0.39 is 46.6 Å². The Kier molecular flexibility index (Phi) is 23.9. The van der Waals surface area contributed by atoms with Crippen molar-refractivity contribution in [3.8, 4) is 56.6 Å². The molecule has 12 heterocycles. The Morgan fingerprint density at radius 2 is 0.727 bits per heavy atom. The number of rotatable bonds is 20. The quantitative estimate of drug-likeness (QED) is 0.0296. The average Bonchev–Trinajstić information content (AvgIpc) is 1.58. The molecule has 4 aliphatic heterocycles. The zero-order valence-electron chi connectivity index (χ0n) is 72.6. The SMILES string of the molecule is CC(C)c1cc(-c2cccc(C3OC3(C#N)c3cc[n+]([O-])cc3)c2)c2ncccc2c1.CC(C)c1cc(-c2cccc(C3OC3(C#N)c3ccncc3)c2)c2ncccc2c1.CCOC(=O)C1(c2cccc[n+]2[O-])OC1c1cccc(-c2cc(C(C)C)cc3cccnc23)c1.CCOC(=O)C1(c2ccccn2)OC1c1cccc(-c2cc(C(C)C)cc3cccnc23)c1. The van der Waals surface area contributed by atoms with E-state index in [1.54, 1.807) is 69.0 Å². The average molecular weight is 1690 g/mol. The third-order valence-corrected chi connectivity index (χ3v) is 24.1. The normalized spacial score (nSPS) is 19.8. The summed E-state index contributed by atoms with van der Waals surface area (Å²) in [5.41, 5.74) is 18.5. The molecule has 8 aromatic carbocycles. The van der Waals surface area contributed by atoms with Crippen LogP contribution in [0.5, 0.6) is 0 Å². The molecular weight excluding hydrogens is 1600 g/mol. The maximum atomic E-state index is 13.0. The fraction of sp³-hybridized carbons (Fsp3) is 0.222. The van der Waals surface area contributed by atoms with Gasteiger partial charge in [-0.05, 0) is 232 Å². The van der Waals surface area contributed by atoms with Crippen LogP contribution in [0.2, 0.25) is 0 Å². The van der Waals surface area contributed by atoms with Gasteiger partial charge in [-0.25, -0.2) is 9.59 Å². The molecule has 0 spiro atoms. The van der Waals surface area contributed by atoms with Crippen molar-refractivity contribution in [1.82, 2.24) is 29.9 Å². The van der Waals surface area contributed by atoms with E-state index in [0.29, 0.717) is 44.4 Å². The molecule has 4 aliphatic rings. The van der Waals surface area contributed by atoms with E-state index in [-0.39, 0.29) is 31.1 Å². The highest BCUT2D eigenvalue weighted by atomic mass is 16.7. The maximum Gasteiger partial charge on any atom is 0.352 e. The summed E-state index contributed by atoms with van der Waals surface area (Å²) in [5, 5.41) is 48.1. The van der Waals surface area contributed by atoms with E-state index in [2.05, 4.69) is 207 Å². The van der Waals surface area contributed by atoms with Gasteiger partial charge >= 0.3 is 11.9 Å². The number of carbonyl (C=O) groups is 2. The Balaban J connectivity index is 0.000000120. The fourth-order valence-electron chi connectivity index (χ4n) is 17.1. The molecule has 0 radical (unpaired) electrons. The van der Waals surface area contributed by atoms with Crippen LogP contribution in [-0.2, 0) is 60.4 Å². The molecule has 0 bridgehead atoms. The van der Waals surface area contributed by atoms with Crippen LogP contribution in [0.1, 0.15) is 184 Å². The zero-order chi connectivity index (χ0) is 89.2. The van der Waals surface area contributed by atoms with Crippen LogP contribution in [0, 0.1) is 33.1 Å². The summed E-state index contributed by atoms with van der Waals surface area (Å²) in [7, 11) is 0. The van der Waals surface area contributed by atoms with Gasteiger partial charge in [-0.3, -0.25) is 29.9 Å². The van der Waals surface area contributed by atoms with Gasteiger partial charge in [-0.15, -0.1) is 0 Å². The standard InChI is InChI=1S/C28H26N2O4.C28H26N2O3.C26H21N3O2.C26H21N3O/c1-4-33-27(31)28(24-12-5-6-14-30(24)32)26(34-28)21-10-7-9-19(15-21)23-17-22(18(2)3)16-20-11-8-13-29-25(20)23;1-4-32-27(31)28(24-12-5-6-13-29-24)26(33-28)21-10-7-9-19(15-21)23-17-22(18(2)3)16-20-11-8-14-30-25(20)23;1-17(2)21-14-19-7-4-10-28-24(19)23(15-21)18-5-3-6-20(13-18)25-26(16-27,31-25)22-8-11-29(30)12-9-22;1-17(2)21-14-19-7-4-10-29-24(19)23(15-21)18-5-3-6-20(13-18)25-26(16-27,30-25)22-8-11-28-12-9-22/h5-18,26H,4H2,1-3H3;5-18,26H,4H2,1-3H3;3-15,17,25H,1-2H3;3-15,17,25H,1-2H3. The van der Waals surface area contributed by atoms with E-state index >= 15 is 0 Å². The minimum Gasteiger partial charge on any atom is -0.619 e. The summed E-state index contributed by atoms with van der Waals surface area (Å²) in [6.07, 6.45) is 14.7. The molecule has 8 aromatic heterocycles. The second-order valence-electron chi connectivity index (χ2n) is 33.6. The number of hydrogen-bond donors (Lipinski definition) is 0. The van der Waals surface area contributed by atoms with E-state index in [1.165, 1.54) is 40.8 Å². The lowest BCUT2D eigenvalue weighted by molar-refractivity contribution is -0.617. The van der Waals surface area contributed by atoms with Crippen LogP contribution in [0.25, 0.3) is 88.1 Å². The van der Waals surface area contributed by atoms with Crippen molar-refractivity contribution in [3.63, 3.8) is 0 Å². The van der Waals surface area contributed by atoms with Gasteiger partial charge < -0.3 is 38.8 Å². The van der Waals surface area contributed by atoms with Crippen LogP contribution in [0.3, 0.4) is 0 Å². The monoisotopic (exact) mass is 1690 g/mol. The molecule has 8 atom stereocenters. The molecule has 20 nitrogen and oxygen atoms in total. The topological polar surface area (TPSA) is 282 Å². The number of benzene rings is 8. The number of epoxide rings is 4. The highest BCUT2D eigenvalue weighted by Gasteiger charge is 2.71. The molecule has 4 saturated heterocycles. The van der Waals surface area contributed by atoms with Gasteiger partial charge in [0.25, 0.3) is 5.60 Å². The molecule has 8 unspecified atom stereocenters. The number of carbonyl (C=O) groups excluding carboxylic acids is 2. The molecule has 0 N–H and O–H groups in total. The number of fused-ring (bicyclic) bond motifs is 4. The number of ether oxygens (including phenoxy) is 6. The van der Waals surface area contributed by atoms with Gasteiger partial charge in [0.1, 0.15) is 36.6 Å². The molecule has 0 amide bonds. The molecule has 636 valence electrons. The van der Waals surface area contributed by atoms with Crippen LogP contribution in [0.15, 0.2) is 317 Å². The molecule has 0 saturated carbocycles. The van der Waals surface area contributed by atoms with Crippen LogP contribution >= 0.6 is 0 Å². The highest BCUT2D eigenvalue weighted by Crippen LogP contribution is 2.61. The van der Waals surface area contributed by atoms with Crippen molar-refractivity contribution >= 4 is 55.6 Å². The Morgan fingerprint density at radius 1 is 0.375 bits per heavy atom. The Bertz CT molecular complexity index is 6960. The van der Waals surface area contributed by atoms with Gasteiger partial charge in [0.2, 0.25) is 22.5 Å². The summed E-state index contributed by atoms with van der Waals surface area (Å²) in [5.74, 6) is 0.597. The smallest absolute Gasteiger partial charge is 0.352 e. The Morgan fingerprint density at radius 3 is 1.09 bits per heavy atom. The van der Waals surface area contributed by atoms with E-state index in [9.17, 15) is 30.5 Å². The molecule has 4 fully saturated rings. The second kappa shape index (κ2) is 35.8. The molecule has 16 aromatic rings. The molecule has 20 heteroatoms. The van der Waals surface area contributed by atoms with Crippen molar-refractivity contribution in [2.24, 2.45) is 0 Å². The first-order valence-corrected chi connectivity index (χ1v) is 43.2. The van der Waals surface area contributed by atoms with Crippen LogP contribution in [-0.4, -0.2) is 55.1 Å². The van der Waals surface area contributed by atoms with Gasteiger partial charge in [0.15, 0.2) is 18.6 Å². The van der Waals surface area contributed by atoms with Gasteiger partial charge in [0.05, 0.1) is 41.0 Å². The highest BCUT2D eigenvalue weighted by molar-refractivity contribution is 5.98. The number of esters is 2. The number of nitriles is 2. The van der Waals surface area contributed by atoms with Gasteiger partial charge in [0, 0.05) is 123 Å². The summed E-state index contributed by atoms with van der Waals surface area (Å²) in [6, 6.07) is 88.3. The summed E-state index contributed by atoms with van der Waals surface area (Å²) < 4.78 is 36.0. The fourth-order valence-corrected chi connectivity index (χ4v) is 17.1. The molecule has 20 rings (SSSR count). The van der Waals surface area contributed by atoms with Crippen molar-refractivity contribution in [3.05, 3.63) is 394 Å². The van der Waals surface area contributed by atoms with Gasteiger partial charge in [-0.2, -0.15) is 20.0 Å². The van der Waals surface area contributed by atoms with Crippen LogP contribution in [0.4, 0.5) is 0 Å². The number of aromatic nitrogens is 8. The van der Waals surface area contributed by atoms with Crippen molar-refractivity contribution in [2.45, 2.75) is 140 Å². The lowest BCUT2D eigenvalue weighted by Crippen LogP contribution is -2.40. The third-order valence-electron chi connectivity index (χ3n) is 24.1. The predicted octanol–water partition coefficient (Wildman–Crippen LogP) is 22.2.